The molecule has 0 radical (unpaired) electrons. The van der Waals surface area contributed by atoms with E-state index in [1.807, 2.05) is 0 Å². The van der Waals surface area contributed by atoms with Crippen LogP contribution in [0, 0.1) is 5.92 Å². The van der Waals surface area contributed by atoms with Crippen LogP contribution in [0.25, 0.3) is 0 Å². The van der Waals surface area contributed by atoms with Gasteiger partial charge in [0.15, 0.2) is 0 Å². The van der Waals surface area contributed by atoms with Gasteiger partial charge in [-0.25, -0.2) is 9.59 Å². The Labute approximate surface area is 394 Å². The lowest BCUT2D eigenvalue weighted by atomic mass is 10.0. The van der Waals surface area contributed by atoms with Crippen molar-refractivity contribution in [2.75, 3.05) is 118 Å². The fraction of sp³-hybridized carbons (Fsp3) is 0.630. The summed E-state index contributed by atoms with van der Waals surface area (Å²) < 4.78 is 54.3. The third-order valence-electron chi connectivity index (χ3n) is 8.98. The highest BCUT2D eigenvalue weighted by atomic mass is 35.5. The lowest BCUT2D eigenvalue weighted by Gasteiger charge is -2.26. The van der Waals surface area contributed by atoms with E-state index in [1.54, 1.807) is 90.3 Å². The fourth-order valence-corrected chi connectivity index (χ4v) is 5.72. The van der Waals surface area contributed by atoms with Crippen molar-refractivity contribution >= 4 is 46.5 Å². The van der Waals surface area contributed by atoms with Crippen molar-refractivity contribution in [3.05, 3.63) is 65.2 Å². The highest BCUT2D eigenvalue weighted by molar-refractivity contribution is 6.67. The normalized spacial score (nSPS) is 12.3. The summed E-state index contributed by atoms with van der Waals surface area (Å²) in [4.78, 5) is 65.1. The molecule has 19 nitrogen and oxygen atoms in total. The monoisotopic (exact) mass is 954 g/mol. The number of hydrogen-bond donors (Lipinski definition) is 3. The highest BCUT2D eigenvalue weighted by Gasteiger charge is 2.29. The Bertz CT molecular complexity index is 1700. The van der Waals surface area contributed by atoms with Crippen molar-refractivity contribution in [3.63, 3.8) is 0 Å². The third-order valence-corrected chi connectivity index (χ3v) is 9.18. The molecule has 0 heterocycles. The van der Waals surface area contributed by atoms with Crippen LogP contribution < -0.4 is 16.0 Å². The first-order valence-corrected chi connectivity index (χ1v) is 22.4. The molecule has 0 aromatic heterocycles. The van der Waals surface area contributed by atoms with Gasteiger partial charge >= 0.3 is 12.2 Å². The first kappa shape index (κ1) is 57.7. The van der Waals surface area contributed by atoms with Gasteiger partial charge in [-0.15, -0.1) is 0 Å². The van der Waals surface area contributed by atoms with Crippen molar-refractivity contribution < 1.29 is 71.3 Å². The van der Waals surface area contributed by atoms with Gasteiger partial charge in [0.25, 0.3) is 5.24 Å². The topological polar surface area (TPSA) is 217 Å². The van der Waals surface area contributed by atoms with Crippen LogP contribution in [0.4, 0.5) is 15.3 Å². The minimum atomic E-state index is -0.934. The molecule has 0 saturated carbocycles. The zero-order chi connectivity index (χ0) is 48.6. The number of benzene rings is 2. The summed E-state index contributed by atoms with van der Waals surface area (Å²) in [5.41, 5.74) is 1.14. The minimum Gasteiger partial charge on any atom is -0.445 e. The molecule has 20 heteroatoms. The highest BCUT2D eigenvalue weighted by Crippen LogP contribution is 2.17. The van der Waals surface area contributed by atoms with E-state index in [2.05, 4.69) is 16.0 Å². The summed E-state index contributed by atoms with van der Waals surface area (Å²) in [6, 6.07) is 11.5. The Morgan fingerprint density at radius 3 is 1.59 bits per heavy atom. The average Bonchev–Trinajstić information content (AvgIpc) is 3.27. The molecule has 1 unspecified atom stereocenters. The van der Waals surface area contributed by atoms with Gasteiger partial charge in [-0.3, -0.25) is 14.4 Å². The van der Waals surface area contributed by atoms with Crippen molar-refractivity contribution in [3.8, 4) is 0 Å². The molecular formula is C46H71ClN4O15. The van der Waals surface area contributed by atoms with E-state index < -0.39 is 46.9 Å². The zero-order valence-corrected chi connectivity index (χ0v) is 40.3. The number of ether oxygens (including phenoxy) is 10. The van der Waals surface area contributed by atoms with Gasteiger partial charge in [-0.2, -0.15) is 0 Å². The van der Waals surface area contributed by atoms with Crippen molar-refractivity contribution in [1.29, 1.82) is 0 Å². The number of rotatable bonds is 35. The molecule has 2 aromatic rings. The minimum absolute atomic E-state index is 0.0392. The molecule has 2 aromatic carbocycles. The van der Waals surface area contributed by atoms with Gasteiger partial charge in [0.05, 0.1) is 99.1 Å². The smallest absolute Gasteiger partial charge is 0.410 e. The van der Waals surface area contributed by atoms with Crippen LogP contribution in [0.1, 0.15) is 63.0 Å². The molecule has 4 amide bonds. The van der Waals surface area contributed by atoms with Crippen molar-refractivity contribution in [2.24, 2.45) is 5.92 Å². The first-order valence-electron chi connectivity index (χ1n) is 22.0. The number of halogens is 1. The molecule has 0 aliphatic heterocycles. The Kier molecular flexibility index (Phi) is 29.7. The summed E-state index contributed by atoms with van der Waals surface area (Å²) in [5, 5.41) is 7.31. The molecule has 66 heavy (non-hydrogen) atoms. The maximum Gasteiger partial charge on any atom is 0.410 e. The number of anilines is 1. The third kappa shape index (κ3) is 26.6. The number of carbonyl (C=O) groups is 5. The van der Waals surface area contributed by atoms with Crippen molar-refractivity contribution in [2.45, 2.75) is 72.4 Å². The Morgan fingerprint density at radius 2 is 1.12 bits per heavy atom. The van der Waals surface area contributed by atoms with Crippen molar-refractivity contribution in [1.82, 2.24) is 15.5 Å². The fourth-order valence-electron chi connectivity index (χ4n) is 5.54. The second-order valence-corrected chi connectivity index (χ2v) is 16.3. The molecule has 0 aliphatic carbocycles. The SMILES string of the molecule is COCCOCCOCCOCCOCCOCCOCCOCCN(Cc1ccccc1C(=O)Cl)C(=O)OCc1ccc(NC(=O)[C@H](C)NC(=O)C(NC(=O)OC(C)(C)C)C(C)C)cc1. The van der Waals surface area contributed by atoms with Crippen LogP contribution in [0.15, 0.2) is 48.5 Å². The number of nitrogens with zero attached hydrogens (tertiary/aromatic N) is 1. The van der Waals surface area contributed by atoms with Gasteiger partial charge < -0.3 is 68.2 Å². The standard InChI is InChI=1S/C46H71ClN4O15/c1-34(2)40(50-44(55)66-46(4,5)6)43(54)48-35(3)42(53)49-38-14-12-36(13-15-38)33-65-45(56)51(32-37-10-8-9-11-39(37)41(47)52)16-17-58-20-21-60-24-25-62-28-29-64-31-30-63-27-26-61-23-22-59-19-18-57-7/h8-15,34-35,40H,16-33H2,1-7H3,(H,48,54)(H,49,53)(H,50,55)/t35-,40?/m0/s1. The molecule has 0 aliphatic rings. The number of alkyl carbamates (subject to hydrolysis) is 1. The van der Waals surface area contributed by atoms with Crippen LogP contribution in [0.2, 0.25) is 0 Å². The van der Waals surface area contributed by atoms with E-state index in [1.165, 1.54) is 11.8 Å². The largest absolute Gasteiger partial charge is 0.445 e. The first-order chi connectivity index (χ1) is 31.6. The van der Waals surface area contributed by atoms with E-state index in [-0.39, 0.29) is 44.4 Å². The zero-order valence-electron chi connectivity index (χ0n) is 39.5. The number of carbonyl (C=O) groups excluding carboxylic acids is 5. The van der Waals surface area contributed by atoms with Crippen LogP contribution in [-0.2, 0) is 70.1 Å². The van der Waals surface area contributed by atoms with Crippen LogP contribution in [-0.4, -0.2) is 165 Å². The molecule has 3 N–H and O–H groups in total. The predicted octanol–water partition coefficient (Wildman–Crippen LogP) is 4.96. The maximum absolute atomic E-state index is 13.4. The van der Waals surface area contributed by atoms with Gasteiger partial charge in [-0.05, 0) is 74.5 Å². The summed E-state index contributed by atoms with van der Waals surface area (Å²) in [6.45, 7) is 16.7. The molecule has 0 bridgehead atoms. The van der Waals surface area contributed by atoms with Gasteiger partial charge in [0.2, 0.25) is 11.8 Å². The van der Waals surface area contributed by atoms with Gasteiger partial charge in [-0.1, -0.05) is 44.2 Å². The van der Waals surface area contributed by atoms with E-state index in [0.717, 1.165) is 0 Å². The summed E-state index contributed by atoms with van der Waals surface area (Å²) in [7, 11) is 1.63. The van der Waals surface area contributed by atoms with E-state index in [9.17, 15) is 24.0 Å². The van der Waals surface area contributed by atoms with E-state index in [0.29, 0.717) is 103 Å². The molecule has 0 fully saturated rings. The average molecular weight is 956 g/mol. The molecule has 0 spiro atoms. The Hall–Kier alpha value is -4.44. The summed E-state index contributed by atoms with van der Waals surface area (Å²) in [6.07, 6.45) is -1.39. The molecular weight excluding hydrogens is 884 g/mol. The van der Waals surface area contributed by atoms with Crippen LogP contribution >= 0.6 is 11.6 Å². The number of amides is 4. The molecule has 0 saturated heterocycles. The number of hydrogen-bond acceptors (Lipinski definition) is 15. The second-order valence-electron chi connectivity index (χ2n) is 16.0. The Morgan fingerprint density at radius 1 is 0.636 bits per heavy atom. The Balaban J connectivity index is 1.73. The summed E-state index contributed by atoms with van der Waals surface area (Å²) in [5.74, 6) is -1.30. The number of nitrogens with one attached hydrogen (secondary N) is 3. The van der Waals surface area contributed by atoms with Crippen LogP contribution in [0.5, 0.6) is 0 Å². The van der Waals surface area contributed by atoms with E-state index in [4.69, 9.17) is 59.0 Å². The molecule has 2 atom stereocenters. The summed E-state index contributed by atoms with van der Waals surface area (Å²) >= 11 is 5.83. The van der Waals surface area contributed by atoms with Gasteiger partial charge in [0.1, 0.15) is 24.3 Å². The molecule has 372 valence electrons. The predicted molar refractivity (Wildman–Crippen MR) is 246 cm³/mol. The quantitative estimate of drug-likeness (QED) is 0.0615. The maximum atomic E-state index is 13.4. The number of methoxy groups -OCH3 is 1. The lowest BCUT2D eigenvalue weighted by Crippen LogP contribution is -2.54. The van der Waals surface area contributed by atoms with Crippen LogP contribution in [0.3, 0.4) is 0 Å². The van der Waals surface area contributed by atoms with Gasteiger partial charge in [0, 0.05) is 31.5 Å². The van der Waals surface area contributed by atoms with E-state index >= 15 is 0 Å². The second kappa shape index (κ2) is 33.9. The molecule has 2 rings (SSSR count). The lowest BCUT2D eigenvalue weighted by molar-refractivity contribution is -0.128.